The third kappa shape index (κ3) is 4.65. The van der Waals surface area contributed by atoms with Crippen LogP contribution in [0.15, 0.2) is 42.6 Å². The van der Waals surface area contributed by atoms with Crippen molar-refractivity contribution in [2.75, 3.05) is 13.2 Å². The number of aromatic amines is 1. The number of amides is 1. The molecule has 0 saturated heterocycles. The van der Waals surface area contributed by atoms with Crippen LogP contribution in [0.2, 0.25) is 0 Å². The first-order valence-corrected chi connectivity index (χ1v) is 14.8. The SMILES string of the molecule is O=C(NCC1(CO)CCC1)c1[nH]nc2nc3c(/c(=C\c4ccc(-c5cccc(F)c5)cn4)c12)=C(O)CC1(CCCC1)C3. The van der Waals surface area contributed by atoms with E-state index in [9.17, 15) is 19.4 Å². The number of hydrogen-bond donors (Lipinski definition) is 4. The summed E-state index contributed by atoms with van der Waals surface area (Å²) in [5.74, 6) is -0.352. The van der Waals surface area contributed by atoms with Crippen LogP contribution in [0.1, 0.15) is 73.2 Å². The van der Waals surface area contributed by atoms with Crippen molar-refractivity contribution in [2.24, 2.45) is 10.8 Å². The quantitative estimate of drug-likeness (QED) is 0.279. The highest BCUT2D eigenvalue weighted by Crippen LogP contribution is 2.46. The number of carbonyl (C=O) groups excluding carboxylic acids is 1. The molecule has 42 heavy (non-hydrogen) atoms. The van der Waals surface area contributed by atoms with Crippen LogP contribution in [0.4, 0.5) is 4.39 Å². The van der Waals surface area contributed by atoms with E-state index < -0.39 is 0 Å². The van der Waals surface area contributed by atoms with E-state index in [1.54, 1.807) is 12.3 Å². The lowest BCUT2D eigenvalue weighted by atomic mass is 9.69. The van der Waals surface area contributed by atoms with Crippen molar-refractivity contribution in [1.82, 2.24) is 25.5 Å². The lowest BCUT2D eigenvalue weighted by Gasteiger charge is -2.40. The minimum Gasteiger partial charge on any atom is -0.512 e. The van der Waals surface area contributed by atoms with Gasteiger partial charge in [-0.2, -0.15) is 5.10 Å². The number of carbonyl (C=O) groups is 1. The van der Waals surface area contributed by atoms with Crippen LogP contribution in [0.25, 0.3) is 34.0 Å². The summed E-state index contributed by atoms with van der Waals surface area (Å²) in [5.41, 5.74) is 3.36. The summed E-state index contributed by atoms with van der Waals surface area (Å²) >= 11 is 0. The van der Waals surface area contributed by atoms with E-state index in [2.05, 4.69) is 20.5 Å². The minimum atomic E-state index is -0.328. The zero-order valence-electron chi connectivity index (χ0n) is 23.4. The van der Waals surface area contributed by atoms with Gasteiger partial charge in [-0.25, -0.2) is 9.37 Å². The van der Waals surface area contributed by atoms with Gasteiger partial charge in [-0.05, 0) is 67.4 Å². The van der Waals surface area contributed by atoms with Gasteiger partial charge in [0.25, 0.3) is 5.91 Å². The highest BCUT2D eigenvalue weighted by atomic mass is 19.1. The van der Waals surface area contributed by atoms with Crippen molar-refractivity contribution < 1.29 is 19.4 Å². The van der Waals surface area contributed by atoms with E-state index in [0.29, 0.717) is 40.1 Å². The van der Waals surface area contributed by atoms with Crippen LogP contribution in [0.5, 0.6) is 0 Å². The first-order valence-electron chi connectivity index (χ1n) is 14.8. The monoisotopic (exact) mass is 567 g/mol. The molecule has 216 valence electrons. The Morgan fingerprint density at radius 1 is 1.07 bits per heavy atom. The highest BCUT2D eigenvalue weighted by molar-refractivity contribution is 6.04. The Hall–Kier alpha value is -4.11. The molecule has 9 heteroatoms. The van der Waals surface area contributed by atoms with Gasteiger partial charge in [-0.3, -0.25) is 14.9 Å². The number of rotatable bonds is 6. The lowest BCUT2D eigenvalue weighted by molar-refractivity contribution is 0.0428. The average Bonchev–Trinajstić information content (AvgIpc) is 3.59. The van der Waals surface area contributed by atoms with Gasteiger partial charge >= 0.3 is 0 Å². The maximum atomic E-state index is 13.8. The first-order chi connectivity index (χ1) is 20.4. The highest BCUT2D eigenvalue weighted by Gasteiger charge is 2.40. The van der Waals surface area contributed by atoms with Crippen LogP contribution in [0.3, 0.4) is 0 Å². The van der Waals surface area contributed by atoms with Gasteiger partial charge in [-0.1, -0.05) is 37.5 Å². The van der Waals surface area contributed by atoms with E-state index in [1.807, 2.05) is 24.3 Å². The van der Waals surface area contributed by atoms with Gasteiger partial charge in [0.15, 0.2) is 5.65 Å². The Kier molecular flexibility index (Phi) is 6.57. The predicted molar refractivity (Wildman–Crippen MR) is 157 cm³/mol. The number of pyridine rings is 2. The minimum absolute atomic E-state index is 0.0117. The van der Waals surface area contributed by atoms with Crippen molar-refractivity contribution in [3.05, 3.63) is 75.9 Å². The molecular formula is C33H34FN5O3. The summed E-state index contributed by atoms with van der Waals surface area (Å²) in [4.78, 5) is 23.0. The van der Waals surface area contributed by atoms with Crippen molar-refractivity contribution >= 4 is 28.8 Å². The molecule has 0 bridgehead atoms. The topological polar surface area (TPSA) is 124 Å². The molecular weight excluding hydrogens is 533 g/mol. The van der Waals surface area contributed by atoms with Crippen LogP contribution >= 0.6 is 0 Å². The molecule has 0 radical (unpaired) electrons. The van der Waals surface area contributed by atoms with E-state index >= 15 is 0 Å². The summed E-state index contributed by atoms with van der Waals surface area (Å²) in [5, 5.41) is 33.6. The van der Waals surface area contributed by atoms with E-state index in [4.69, 9.17) is 4.98 Å². The summed E-state index contributed by atoms with van der Waals surface area (Å²) in [6, 6.07) is 10.1. The van der Waals surface area contributed by atoms with Crippen LogP contribution in [0, 0.1) is 16.6 Å². The number of nitrogens with zero attached hydrogens (tertiary/aromatic N) is 3. The Bertz CT molecular complexity index is 1800. The molecule has 0 atom stereocenters. The molecule has 0 aliphatic heterocycles. The summed E-state index contributed by atoms with van der Waals surface area (Å²) < 4.78 is 13.8. The fraction of sp³-hybridized carbons (Fsp3) is 0.394. The Labute approximate surface area is 242 Å². The van der Waals surface area contributed by atoms with E-state index in [0.717, 1.165) is 68.2 Å². The summed E-state index contributed by atoms with van der Waals surface area (Å²) in [6.45, 7) is 0.413. The number of aromatic nitrogens is 4. The molecule has 8 nitrogen and oxygen atoms in total. The van der Waals surface area contributed by atoms with Crippen LogP contribution < -0.4 is 15.8 Å². The van der Waals surface area contributed by atoms with Crippen molar-refractivity contribution in [1.29, 1.82) is 0 Å². The third-order valence-electron chi connectivity index (χ3n) is 9.69. The molecule has 1 amide bonds. The van der Waals surface area contributed by atoms with Crippen molar-refractivity contribution in [3.63, 3.8) is 0 Å². The number of H-pyrrole nitrogens is 1. The van der Waals surface area contributed by atoms with Crippen LogP contribution in [-0.2, 0) is 6.42 Å². The second kappa shape index (κ2) is 10.3. The molecule has 3 aromatic heterocycles. The summed E-state index contributed by atoms with van der Waals surface area (Å²) in [7, 11) is 0. The maximum Gasteiger partial charge on any atom is 0.270 e. The molecule has 4 N–H and O–H groups in total. The predicted octanol–water partition coefficient (Wildman–Crippen LogP) is 4.05. The third-order valence-corrected chi connectivity index (χ3v) is 9.69. The fourth-order valence-electron chi connectivity index (χ4n) is 7.13. The standard InChI is InChI=1S/C33H34FN5O3/c34-22-6-3-5-20(13-22)21-7-8-23(35-17-21)14-24-27-25(15-32(16-26(27)41)9-1-2-10-32)37-30-28(24)29(38-39-30)31(42)36-18-33(19-40)11-4-12-33/h3,5-8,13-14,17,40-41H,1-2,4,9-12,15-16,18-19H2,(H,36,42)(H,38,39)/b24-14+. The van der Waals surface area contributed by atoms with E-state index in [1.165, 1.54) is 12.1 Å². The van der Waals surface area contributed by atoms with Gasteiger partial charge in [-0.15, -0.1) is 0 Å². The largest absolute Gasteiger partial charge is 0.512 e. The van der Waals surface area contributed by atoms with Crippen molar-refractivity contribution in [3.8, 4) is 11.1 Å². The molecule has 3 heterocycles. The molecule has 2 fully saturated rings. The molecule has 3 aliphatic carbocycles. The number of aliphatic hydroxyl groups is 2. The van der Waals surface area contributed by atoms with Crippen molar-refractivity contribution in [2.45, 2.75) is 57.8 Å². The molecule has 4 aromatic rings. The van der Waals surface area contributed by atoms with Gasteiger partial charge in [0.1, 0.15) is 17.3 Å². The Morgan fingerprint density at radius 3 is 2.60 bits per heavy atom. The lowest BCUT2D eigenvalue weighted by Crippen LogP contribution is -2.45. The second-order valence-electron chi connectivity index (χ2n) is 12.5. The zero-order valence-corrected chi connectivity index (χ0v) is 23.4. The number of fused-ring (bicyclic) bond motifs is 2. The van der Waals surface area contributed by atoms with Gasteiger partial charge in [0.05, 0.1) is 23.4 Å². The first kappa shape index (κ1) is 26.8. The molecule has 1 aromatic carbocycles. The molecule has 3 aliphatic rings. The number of benzene rings is 1. The number of nitrogens with one attached hydrogen (secondary N) is 2. The number of hydrogen-bond acceptors (Lipinski definition) is 6. The normalized spacial score (nSPS) is 19.2. The summed E-state index contributed by atoms with van der Waals surface area (Å²) in [6.07, 6.45) is 12.1. The molecule has 0 unspecified atom stereocenters. The smallest absolute Gasteiger partial charge is 0.270 e. The second-order valence-corrected chi connectivity index (χ2v) is 12.5. The molecule has 1 spiro atoms. The van der Waals surface area contributed by atoms with Gasteiger partial charge in [0.2, 0.25) is 0 Å². The zero-order chi connectivity index (χ0) is 28.9. The van der Waals surface area contributed by atoms with E-state index in [-0.39, 0.29) is 40.6 Å². The number of halogens is 1. The number of aliphatic hydroxyl groups excluding tert-OH is 2. The Morgan fingerprint density at radius 2 is 1.90 bits per heavy atom. The van der Waals surface area contributed by atoms with Gasteiger partial charge < -0.3 is 15.5 Å². The van der Waals surface area contributed by atoms with Crippen LogP contribution in [-0.4, -0.2) is 49.4 Å². The fourth-order valence-corrected chi connectivity index (χ4v) is 7.13. The van der Waals surface area contributed by atoms with Gasteiger partial charge in [0, 0.05) is 40.6 Å². The maximum absolute atomic E-state index is 13.8. The average molecular weight is 568 g/mol. The molecule has 2 saturated carbocycles. The molecule has 7 rings (SSSR count). The Balaban J connectivity index is 1.36.